The normalized spacial score (nSPS) is 11.2. The number of hydrogen-bond acceptors (Lipinski definition) is 3. The van der Waals surface area contributed by atoms with Crippen LogP contribution in [-0.2, 0) is 13.1 Å². The van der Waals surface area contributed by atoms with Gasteiger partial charge in [0.15, 0.2) is 0 Å². The van der Waals surface area contributed by atoms with Gasteiger partial charge in [0.25, 0.3) is 0 Å². The van der Waals surface area contributed by atoms with Crippen LogP contribution in [0, 0.1) is 0 Å². The molecule has 3 heteroatoms. The van der Waals surface area contributed by atoms with Gasteiger partial charge >= 0.3 is 0 Å². The summed E-state index contributed by atoms with van der Waals surface area (Å²) in [5.74, 6) is 1.07. The first-order valence-electron chi connectivity index (χ1n) is 5.72. The summed E-state index contributed by atoms with van der Waals surface area (Å²) in [5, 5.41) is 3.36. The van der Waals surface area contributed by atoms with Crippen molar-refractivity contribution in [3.63, 3.8) is 0 Å². The summed E-state index contributed by atoms with van der Waals surface area (Å²) in [4.78, 5) is 2.27. The van der Waals surface area contributed by atoms with Gasteiger partial charge in [-0.25, -0.2) is 0 Å². The predicted octanol–water partition coefficient (Wildman–Crippen LogP) is 2.23. The lowest BCUT2D eigenvalue weighted by Gasteiger charge is -2.13. The highest BCUT2D eigenvalue weighted by atomic mass is 16.3. The van der Waals surface area contributed by atoms with Crippen molar-refractivity contribution in [3.8, 4) is 0 Å². The van der Waals surface area contributed by atoms with Crippen LogP contribution in [0.25, 0.3) is 0 Å². The second kappa shape index (κ2) is 6.64. The quantitative estimate of drug-likeness (QED) is 0.700. The molecule has 0 spiro atoms. The molecule has 0 aliphatic heterocycles. The zero-order valence-corrected chi connectivity index (χ0v) is 10.0. The van der Waals surface area contributed by atoms with Gasteiger partial charge in [-0.05, 0) is 32.6 Å². The third-order valence-corrected chi connectivity index (χ3v) is 2.53. The fourth-order valence-electron chi connectivity index (χ4n) is 1.44. The van der Waals surface area contributed by atoms with E-state index in [1.54, 1.807) is 6.26 Å². The van der Waals surface area contributed by atoms with Crippen molar-refractivity contribution in [2.75, 3.05) is 20.1 Å². The third kappa shape index (κ3) is 4.06. The van der Waals surface area contributed by atoms with Crippen LogP contribution in [0.1, 0.15) is 31.6 Å². The highest BCUT2D eigenvalue weighted by Gasteiger charge is 2.07. The Balaban J connectivity index is 2.45. The molecule has 1 aromatic rings. The molecule has 0 aromatic carbocycles. The summed E-state index contributed by atoms with van der Waals surface area (Å²) in [7, 11) is 2.12. The lowest BCUT2D eigenvalue weighted by molar-refractivity contribution is 0.340. The third-order valence-electron chi connectivity index (χ3n) is 2.53. The Morgan fingerprint density at radius 1 is 1.40 bits per heavy atom. The molecule has 1 N–H and O–H groups in total. The molecule has 0 atom stereocenters. The van der Waals surface area contributed by atoms with Crippen molar-refractivity contribution in [1.29, 1.82) is 0 Å². The molecule has 0 fully saturated rings. The van der Waals surface area contributed by atoms with Crippen LogP contribution >= 0.6 is 0 Å². The van der Waals surface area contributed by atoms with Gasteiger partial charge in [-0.2, -0.15) is 0 Å². The molecule has 15 heavy (non-hydrogen) atoms. The largest absolute Gasteiger partial charge is 0.468 e. The molecule has 0 unspecified atom stereocenters. The molecule has 86 valence electrons. The van der Waals surface area contributed by atoms with Crippen molar-refractivity contribution in [2.24, 2.45) is 0 Å². The van der Waals surface area contributed by atoms with E-state index in [-0.39, 0.29) is 0 Å². The fourth-order valence-corrected chi connectivity index (χ4v) is 1.44. The van der Waals surface area contributed by atoms with Crippen molar-refractivity contribution in [3.05, 3.63) is 23.7 Å². The minimum Gasteiger partial charge on any atom is -0.468 e. The summed E-state index contributed by atoms with van der Waals surface area (Å²) < 4.78 is 5.47. The number of rotatable bonds is 7. The SMILES string of the molecule is CCCNCc1occc1CN(C)CC. The van der Waals surface area contributed by atoms with Gasteiger partial charge in [-0.1, -0.05) is 13.8 Å². The standard InChI is InChI=1S/C12H22N2O/c1-4-7-13-9-12-11(6-8-15-12)10-14(3)5-2/h6,8,13H,4-5,7,9-10H2,1-3H3. The number of hydrogen-bond donors (Lipinski definition) is 1. The molecule has 0 aliphatic carbocycles. The van der Waals surface area contributed by atoms with Gasteiger partial charge in [0, 0.05) is 12.1 Å². The molecule has 0 radical (unpaired) electrons. The summed E-state index contributed by atoms with van der Waals surface area (Å²) in [6, 6.07) is 2.06. The first-order chi connectivity index (χ1) is 7.27. The number of nitrogens with zero attached hydrogens (tertiary/aromatic N) is 1. The number of nitrogens with one attached hydrogen (secondary N) is 1. The van der Waals surface area contributed by atoms with E-state index in [2.05, 4.69) is 37.2 Å². The predicted molar refractivity (Wildman–Crippen MR) is 62.7 cm³/mol. The second-order valence-corrected chi connectivity index (χ2v) is 3.88. The Labute approximate surface area is 92.5 Å². The molecule has 0 saturated heterocycles. The average molecular weight is 210 g/mol. The average Bonchev–Trinajstić information content (AvgIpc) is 2.66. The van der Waals surface area contributed by atoms with E-state index in [9.17, 15) is 0 Å². The molecular formula is C12H22N2O. The molecule has 0 bridgehead atoms. The van der Waals surface area contributed by atoms with Gasteiger partial charge in [0.2, 0.25) is 0 Å². The molecule has 0 aliphatic rings. The molecule has 1 heterocycles. The van der Waals surface area contributed by atoms with Crippen molar-refractivity contribution < 1.29 is 4.42 Å². The lowest BCUT2D eigenvalue weighted by Crippen LogP contribution is -2.19. The monoisotopic (exact) mass is 210 g/mol. The zero-order valence-electron chi connectivity index (χ0n) is 10.0. The van der Waals surface area contributed by atoms with Crippen LogP contribution in [0.2, 0.25) is 0 Å². The Morgan fingerprint density at radius 2 is 2.20 bits per heavy atom. The van der Waals surface area contributed by atoms with Crippen LogP contribution in [0.5, 0.6) is 0 Å². The minimum atomic E-state index is 0.841. The summed E-state index contributed by atoms with van der Waals surface area (Å²) in [6.45, 7) is 8.25. The highest BCUT2D eigenvalue weighted by molar-refractivity contribution is 5.16. The van der Waals surface area contributed by atoms with Gasteiger partial charge in [0.1, 0.15) is 5.76 Å². The van der Waals surface area contributed by atoms with Crippen molar-refractivity contribution in [1.82, 2.24) is 10.2 Å². The van der Waals surface area contributed by atoms with Gasteiger partial charge in [-0.15, -0.1) is 0 Å². The molecule has 0 amide bonds. The maximum Gasteiger partial charge on any atom is 0.122 e. The Kier molecular flexibility index (Phi) is 5.43. The minimum absolute atomic E-state index is 0.841. The van der Waals surface area contributed by atoms with Crippen molar-refractivity contribution in [2.45, 2.75) is 33.4 Å². The Morgan fingerprint density at radius 3 is 2.87 bits per heavy atom. The van der Waals surface area contributed by atoms with Crippen LogP contribution in [0.15, 0.2) is 16.7 Å². The van der Waals surface area contributed by atoms with Crippen LogP contribution in [-0.4, -0.2) is 25.0 Å². The van der Waals surface area contributed by atoms with E-state index in [1.807, 2.05) is 0 Å². The maximum atomic E-state index is 5.47. The topological polar surface area (TPSA) is 28.4 Å². The van der Waals surface area contributed by atoms with E-state index in [0.717, 1.165) is 38.4 Å². The van der Waals surface area contributed by atoms with E-state index in [0.29, 0.717) is 0 Å². The molecule has 0 saturated carbocycles. The van der Waals surface area contributed by atoms with Crippen LogP contribution < -0.4 is 5.32 Å². The zero-order chi connectivity index (χ0) is 11.1. The Bertz CT molecular complexity index is 270. The first-order valence-corrected chi connectivity index (χ1v) is 5.72. The molecule has 1 rings (SSSR count). The van der Waals surface area contributed by atoms with E-state index in [1.165, 1.54) is 5.56 Å². The van der Waals surface area contributed by atoms with Crippen LogP contribution in [0.4, 0.5) is 0 Å². The smallest absolute Gasteiger partial charge is 0.122 e. The summed E-state index contributed by atoms with van der Waals surface area (Å²) >= 11 is 0. The van der Waals surface area contributed by atoms with E-state index >= 15 is 0 Å². The second-order valence-electron chi connectivity index (χ2n) is 3.88. The summed E-state index contributed by atoms with van der Waals surface area (Å²) in [5.41, 5.74) is 1.29. The Hall–Kier alpha value is -0.800. The summed E-state index contributed by atoms with van der Waals surface area (Å²) in [6.07, 6.45) is 2.94. The molecule has 3 nitrogen and oxygen atoms in total. The van der Waals surface area contributed by atoms with Crippen LogP contribution in [0.3, 0.4) is 0 Å². The molecular weight excluding hydrogens is 188 g/mol. The van der Waals surface area contributed by atoms with Crippen molar-refractivity contribution >= 4 is 0 Å². The van der Waals surface area contributed by atoms with E-state index < -0.39 is 0 Å². The molecule has 1 aromatic heterocycles. The van der Waals surface area contributed by atoms with Gasteiger partial charge < -0.3 is 14.6 Å². The highest BCUT2D eigenvalue weighted by Crippen LogP contribution is 2.12. The first kappa shape index (κ1) is 12.3. The maximum absolute atomic E-state index is 5.47. The number of furan rings is 1. The lowest BCUT2D eigenvalue weighted by atomic mass is 10.2. The van der Waals surface area contributed by atoms with E-state index in [4.69, 9.17) is 4.42 Å². The van der Waals surface area contributed by atoms with Gasteiger partial charge in [-0.3, -0.25) is 0 Å². The fraction of sp³-hybridized carbons (Fsp3) is 0.667. The van der Waals surface area contributed by atoms with Gasteiger partial charge in [0.05, 0.1) is 12.8 Å².